The third-order valence-corrected chi connectivity index (χ3v) is 2.59. The quantitative estimate of drug-likeness (QED) is 0.778. The molecule has 0 aliphatic carbocycles. The molecule has 1 saturated heterocycles. The van der Waals surface area contributed by atoms with Gasteiger partial charge in [-0.2, -0.15) is 13.2 Å². The maximum atomic E-state index is 12.4. The highest BCUT2D eigenvalue weighted by Gasteiger charge is 2.42. The van der Waals surface area contributed by atoms with Crippen LogP contribution in [0.15, 0.2) is 0 Å². The van der Waals surface area contributed by atoms with E-state index >= 15 is 0 Å². The molecule has 1 heterocycles. The first kappa shape index (κ1) is 15.5. The first-order valence-electron chi connectivity index (χ1n) is 4.93. The van der Waals surface area contributed by atoms with E-state index in [2.05, 4.69) is 0 Å². The summed E-state index contributed by atoms with van der Waals surface area (Å²) >= 11 is 0. The van der Waals surface area contributed by atoms with E-state index in [0.717, 1.165) is 0 Å². The van der Waals surface area contributed by atoms with Crippen LogP contribution in [0, 0.1) is 5.92 Å². The van der Waals surface area contributed by atoms with Gasteiger partial charge in [0.2, 0.25) is 5.91 Å². The van der Waals surface area contributed by atoms with Gasteiger partial charge in [0, 0.05) is 13.1 Å². The zero-order chi connectivity index (χ0) is 11.6. The molecular formula is C9H16ClF3N2O. The van der Waals surface area contributed by atoms with Gasteiger partial charge in [0.05, 0.1) is 12.0 Å². The number of rotatable bonds is 1. The number of hydrogen-bond donors (Lipinski definition) is 1. The molecule has 1 aliphatic heterocycles. The van der Waals surface area contributed by atoms with E-state index < -0.39 is 24.0 Å². The Labute approximate surface area is 98.6 Å². The number of amides is 1. The summed E-state index contributed by atoms with van der Waals surface area (Å²) in [5.74, 6) is -1.79. The minimum atomic E-state index is -4.21. The van der Waals surface area contributed by atoms with Crippen molar-refractivity contribution in [3.8, 4) is 0 Å². The molecule has 96 valence electrons. The number of nitrogens with zero attached hydrogens (tertiary/aromatic N) is 1. The van der Waals surface area contributed by atoms with E-state index in [9.17, 15) is 18.0 Å². The minimum Gasteiger partial charge on any atom is -0.341 e. The monoisotopic (exact) mass is 260 g/mol. The summed E-state index contributed by atoms with van der Waals surface area (Å²) in [6.07, 6.45) is -3.72. The van der Waals surface area contributed by atoms with Gasteiger partial charge < -0.3 is 10.6 Å². The molecular weight excluding hydrogens is 245 g/mol. The van der Waals surface area contributed by atoms with Gasteiger partial charge >= 0.3 is 6.18 Å². The van der Waals surface area contributed by atoms with Crippen LogP contribution in [0.2, 0.25) is 0 Å². The number of halogens is 4. The Kier molecular flexibility index (Phi) is 5.55. The molecule has 2 unspecified atom stereocenters. The summed E-state index contributed by atoms with van der Waals surface area (Å²) in [6, 6.07) is -0.725. The average molecular weight is 261 g/mol. The van der Waals surface area contributed by atoms with Gasteiger partial charge in [-0.15, -0.1) is 12.4 Å². The molecule has 7 heteroatoms. The molecule has 0 aromatic heterocycles. The van der Waals surface area contributed by atoms with Crippen LogP contribution in [0.25, 0.3) is 0 Å². The second-order valence-corrected chi connectivity index (χ2v) is 3.95. The van der Waals surface area contributed by atoms with E-state index in [4.69, 9.17) is 5.73 Å². The van der Waals surface area contributed by atoms with Crippen LogP contribution in [-0.4, -0.2) is 36.1 Å². The van der Waals surface area contributed by atoms with Crippen molar-refractivity contribution in [2.45, 2.75) is 32.0 Å². The Balaban J connectivity index is 0.00000225. The normalized spacial score (nSPS) is 23.6. The Morgan fingerprint density at radius 1 is 1.50 bits per heavy atom. The summed E-state index contributed by atoms with van der Waals surface area (Å²) in [6.45, 7) is 1.62. The first-order chi connectivity index (χ1) is 6.82. The lowest BCUT2D eigenvalue weighted by Crippen LogP contribution is -2.49. The number of nitrogens with two attached hydrogens (primary N) is 1. The highest BCUT2D eigenvalue weighted by atomic mass is 35.5. The van der Waals surface area contributed by atoms with Crippen molar-refractivity contribution in [2.24, 2.45) is 11.7 Å². The average Bonchev–Trinajstić information content (AvgIpc) is 2.15. The number of hydrogen-bond acceptors (Lipinski definition) is 2. The number of carbonyl (C=O) groups excluding carboxylic acids is 1. The molecule has 3 nitrogen and oxygen atoms in total. The molecule has 1 fully saturated rings. The van der Waals surface area contributed by atoms with Crippen LogP contribution >= 0.6 is 12.4 Å². The van der Waals surface area contributed by atoms with Crippen LogP contribution in [0.5, 0.6) is 0 Å². The Bertz CT molecular complexity index is 245. The van der Waals surface area contributed by atoms with E-state index in [0.29, 0.717) is 13.0 Å². The van der Waals surface area contributed by atoms with Gasteiger partial charge in [-0.25, -0.2) is 0 Å². The Morgan fingerprint density at radius 3 is 2.50 bits per heavy atom. The van der Waals surface area contributed by atoms with E-state index in [1.807, 2.05) is 0 Å². The molecule has 2 atom stereocenters. The number of alkyl halides is 3. The summed E-state index contributed by atoms with van der Waals surface area (Å²) < 4.78 is 37.2. The molecule has 0 spiro atoms. The topological polar surface area (TPSA) is 46.3 Å². The van der Waals surface area contributed by atoms with Gasteiger partial charge in [-0.3, -0.25) is 4.79 Å². The smallest absolute Gasteiger partial charge is 0.341 e. The second-order valence-electron chi connectivity index (χ2n) is 3.95. The van der Waals surface area contributed by atoms with Crippen LogP contribution in [0.3, 0.4) is 0 Å². The molecule has 0 saturated carbocycles. The zero-order valence-electron chi connectivity index (χ0n) is 8.96. The Hall–Kier alpha value is -0.490. The summed E-state index contributed by atoms with van der Waals surface area (Å²) in [5.41, 5.74) is 5.35. The van der Waals surface area contributed by atoms with E-state index in [1.165, 1.54) is 11.8 Å². The number of piperidine rings is 1. The van der Waals surface area contributed by atoms with Crippen molar-refractivity contribution in [2.75, 3.05) is 13.1 Å². The molecule has 1 rings (SSSR count). The second kappa shape index (κ2) is 5.72. The highest BCUT2D eigenvalue weighted by Crippen LogP contribution is 2.33. The first-order valence-corrected chi connectivity index (χ1v) is 4.93. The Morgan fingerprint density at radius 2 is 2.06 bits per heavy atom. The molecule has 0 radical (unpaired) electrons. The number of carbonyl (C=O) groups is 1. The predicted octanol–water partition coefficient (Wildman–Crippen LogP) is 1.56. The van der Waals surface area contributed by atoms with E-state index in [1.54, 1.807) is 0 Å². The lowest BCUT2D eigenvalue weighted by atomic mass is 9.97. The van der Waals surface area contributed by atoms with Crippen LogP contribution < -0.4 is 5.73 Å². The molecule has 1 aliphatic rings. The van der Waals surface area contributed by atoms with Crippen LogP contribution in [0.1, 0.15) is 19.8 Å². The van der Waals surface area contributed by atoms with Crippen molar-refractivity contribution in [1.29, 1.82) is 0 Å². The van der Waals surface area contributed by atoms with Crippen LogP contribution in [0.4, 0.5) is 13.2 Å². The van der Waals surface area contributed by atoms with Gasteiger partial charge in [-0.05, 0) is 19.8 Å². The molecule has 2 N–H and O–H groups in total. The maximum absolute atomic E-state index is 12.4. The fourth-order valence-corrected chi connectivity index (χ4v) is 1.73. The fraction of sp³-hybridized carbons (Fsp3) is 0.889. The molecule has 0 aromatic rings. The zero-order valence-corrected chi connectivity index (χ0v) is 9.77. The van der Waals surface area contributed by atoms with Gasteiger partial charge in [-0.1, -0.05) is 0 Å². The van der Waals surface area contributed by atoms with Crippen molar-refractivity contribution < 1.29 is 18.0 Å². The molecule has 0 aromatic carbocycles. The van der Waals surface area contributed by atoms with Crippen molar-refractivity contribution in [3.05, 3.63) is 0 Å². The van der Waals surface area contributed by atoms with E-state index in [-0.39, 0.29) is 25.4 Å². The third kappa shape index (κ3) is 3.83. The van der Waals surface area contributed by atoms with Gasteiger partial charge in [0.15, 0.2) is 0 Å². The molecule has 1 amide bonds. The maximum Gasteiger partial charge on any atom is 0.393 e. The lowest BCUT2D eigenvalue weighted by molar-refractivity contribution is -0.188. The van der Waals surface area contributed by atoms with Crippen molar-refractivity contribution in [1.82, 2.24) is 4.90 Å². The van der Waals surface area contributed by atoms with Crippen LogP contribution in [-0.2, 0) is 4.79 Å². The lowest BCUT2D eigenvalue weighted by Gasteiger charge is -2.34. The standard InChI is InChI=1S/C9H15F3N2O.ClH/c1-6(13)8(15)14-4-2-3-7(5-14)9(10,11)12;/h6-7H,2-5,13H2,1H3;1H. The third-order valence-electron chi connectivity index (χ3n) is 2.59. The molecule has 0 bridgehead atoms. The molecule has 16 heavy (non-hydrogen) atoms. The van der Waals surface area contributed by atoms with Gasteiger partial charge in [0.25, 0.3) is 0 Å². The SMILES string of the molecule is CC(N)C(=O)N1CCCC(C(F)(F)F)C1.Cl. The van der Waals surface area contributed by atoms with Crippen molar-refractivity contribution >= 4 is 18.3 Å². The highest BCUT2D eigenvalue weighted by molar-refractivity contribution is 5.85. The summed E-state index contributed by atoms with van der Waals surface area (Å²) in [7, 11) is 0. The van der Waals surface area contributed by atoms with Gasteiger partial charge in [0.1, 0.15) is 0 Å². The largest absolute Gasteiger partial charge is 0.393 e. The fourth-order valence-electron chi connectivity index (χ4n) is 1.73. The summed E-state index contributed by atoms with van der Waals surface area (Å²) in [4.78, 5) is 12.6. The minimum absolute atomic E-state index is 0. The van der Waals surface area contributed by atoms with Crippen molar-refractivity contribution in [3.63, 3.8) is 0 Å². The summed E-state index contributed by atoms with van der Waals surface area (Å²) in [5, 5.41) is 0. The predicted molar refractivity (Wildman–Crippen MR) is 56.3 cm³/mol. The number of likely N-dealkylation sites (tertiary alicyclic amines) is 1.